The molecular formula is C26H35N3O6. The Balaban J connectivity index is 1.17. The van der Waals surface area contributed by atoms with E-state index in [-0.39, 0.29) is 36.4 Å². The largest absolute Gasteiger partial charge is 0.445 e. The molecule has 1 aliphatic carbocycles. The van der Waals surface area contributed by atoms with Crippen LogP contribution in [0.5, 0.6) is 0 Å². The van der Waals surface area contributed by atoms with Crippen LogP contribution in [0.15, 0.2) is 30.3 Å². The number of amides is 3. The molecule has 9 nitrogen and oxygen atoms in total. The van der Waals surface area contributed by atoms with Crippen LogP contribution in [-0.4, -0.2) is 87.9 Å². The summed E-state index contributed by atoms with van der Waals surface area (Å²) in [4.78, 5) is 43.9. The third-order valence-electron chi connectivity index (χ3n) is 8.34. The fourth-order valence-corrected chi connectivity index (χ4v) is 5.80. The molecule has 9 heteroatoms. The van der Waals surface area contributed by atoms with E-state index in [1.807, 2.05) is 37.3 Å². The van der Waals surface area contributed by atoms with Gasteiger partial charge in [-0.1, -0.05) is 30.3 Å². The number of aliphatic hydroxyl groups excluding tert-OH is 1. The normalized spacial score (nSPS) is 31.5. The molecule has 1 saturated carbocycles. The molecule has 1 N–H and O–H groups in total. The van der Waals surface area contributed by atoms with Gasteiger partial charge in [0.05, 0.1) is 25.3 Å². The number of piperazine rings is 1. The van der Waals surface area contributed by atoms with Crippen molar-refractivity contribution in [2.24, 2.45) is 5.41 Å². The Morgan fingerprint density at radius 3 is 2.63 bits per heavy atom. The van der Waals surface area contributed by atoms with Gasteiger partial charge in [-0.2, -0.15) is 0 Å². The second-order valence-electron chi connectivity index (χ2n) is 10.7. The van der Waals surface area contributed by atoms with Gasteiger partial charge in [-0.15, -0.1) is 0 Å². The van der Waals surface area contributed by atoms with E-state index in [0.29, 0.717) is 32.5 Å². The average molecular weight is 486 g/mol. The van der Waals surface area contributed by atoms with Crippen molar-refractivity contribution in [3.8, 4) is 0 Å². The molecule has 0 aromatic heterocycles. The first-order valence-electron chi connectivity index (χ1n) is 12.6. The van der Waals surface area contributed by atoms with Crippen molar-refractivity contribution in [3.63, 3.8) is 0 Å². The molecule has 4 aliphatic rings. The summed E-state index contributed by atoms with van der Waals surface area (Å²) in [5, 5.41) is 10.4. The number of carbonyl (C=O) groups excluding carboxylic acids is 3. The quantitative estimate of drug-likeness (QED) is 0.686. The van der Waals surface area contributed by atoms with Gasteiger partial charge in [0.1, 0.15) is 12.6 Å². The van der Waals surface area contributed by atoms with E-state index in [9.17, 15) is 19.5 Å². The van der Waals surface area contributed by atoms with Gasteiger partial charge in [-0.05, 0) is 50.5 Å². The number of piperidine rings is 1. The van der Waals surface area contributed by atoms with Gasteiger partial charge in [-0.3, -0.25) is 14.5 Å². The summed E-state index contributed by atoms with van der Waals surface area (Å²) < 4.78 is 11.5. The van der Waals surface area contributed by atoms with E-state index in [1.54, 1.807) is 16.7 Å². The highest BCUT2D eigenvalue weighted by Crippen LogP contribution is 2.53. The van der Waals surface area contributed by atoms with Gasteiger partial charge in [0.15, 0.2) is 5.72 Å². The van der Waals surface area contributed by atoms with Crippen molar-refractivity contribution in [2.45, 2.75) is 76.5 Å². The van der Waals surface area contributed by atoms with Crippen LogP contribution in [0.3, 0.4) is 0 Å². The van der Waals surface area contributed by atoms with Crippen molar-refractivity contribution in [3.05, 3.63) is 35.9 Å². The first-order valence-corrected chi connectivity index (χ1v) is 12.6. The molecule has 3 saturated heterocycles. The summed E-state index contributed by atoms with van der Waals surface area (Å²) in [5.74, 6) is -0.189. The van der Waals surface area contributed by atoms with Gasteiger partial charge < -0.3 is 24.4 Å². The van der Waals surface area contributed by atoms with Crippen LogP contribution in [-0.2, 0) is 25.7 Å². The van der Waals surface area contributed by atoms with Gasteiger partial charge in [0.2, 0.25) is 11.8 Å². The van der Waals surface area contributed by atoms with Gasteiger partial charge in [0, 0.05) is 19.5 Å². The molecule has 1 spiro atoms. The Morgan fingerprint density at radius 2 is 1.94 bits per heavy atom. The number of hydrogen-bond donors (Lipinski definition) is 1. The highest BCUT2D eigenvalue weighted by atomic mass is 16.6. The van der Waals surface area contributed by atoms with Gasteiger partial charge >= 0.3 is 6.09 Å². The number of β-amino-alcohol motifs (C(OH)–C–C–N with tert-alkyl or cyclic N) is 1. The fourth-order valence-electron chi connectivity index (χ4n) is 5.80. The lowest BCUT2D eigenvalue weighted by Gasteiger charge is -2.47. The van der Waals surface area contributed by atoms with Crippen LogP contribution in [0, 0.1) is 5.41 Å². The zero-order chi connectivity index (χ0) is 24.8. The lowest BCUT2D eigenvalue weighted by Crippen LogP contribution is -2.67. The summed E-state index contributed by atoms with van der Waals surface area (Å²) >= 11 is 0. The number of nitrogens with zero attached hydrogens (tertiary/aromatic N) is 3. The standard InChI is InChI=1S/C26H35N3O6/c1-18-23(32)29-20(8-9-22(31)27-13-12-26(10-11-26)21(30)14-27)16-35-25(29,2)17-28(18)24(33)34-15-19-6-4-3-5-7-19/h3-7,18,20-21,30H,8-17H2,1-2H3. The molecule has 5 rings (SSSR count). The number of hydrogen-bond acceptors (Lipinski definition) is 6. The Hall–Kier alpha value is -2.65. The highest BCUT2D eigenvalue weighted by Gasteiger charge is 2.55. The third kappa shape index (κ3) is 4.51. The maximum Gasteiger partial charge on any atom is 0.410 e. The number of carbonyl (C=O) groups is 3. The molecule has 3 amide bonds. The predicted molar refractivity (Wildman–Crippen MR) is 126 cm³/mol. The Morgan fingerprint density at radius 1 is 1.20 bits per heavy atom. The predicted octanol–water partition coefficient (Wildman–Crippen LogP) is 2.12. The molecule has 35 heavy (non-hydrogen) atoms. The molecule has 190 valence electrons. The zero-order valence-corrected chi connectivity index (χ0v) is 20.5. The molecule has 0 bridgehead atoms. The maximum atomic E-state index is 13.3. The molecule has 4 unspecified atom stereocenters. The highest BCUT2D eigenvalue weighted by molar-refractivity contribution is 5.88. The third-order valence-corrected chi connectivity index (χ3v) is 8.34. The van der Waals surface area contributed by atoms with Crippen LogP contribution >= 0.6 is 0 Å². The topological polar surface area (TPSA) is 99.6 Å². The van der Waals surface area contributed by atoms with E-state index in [0.717, 1.165) is 24.8 Å². The van der Waals surface area contributed by atoms with Crippen LogP contribution in [0.2, 0.25) is 0 Å². The number of rotatable bonds is 5. The van der Waals surface area contributed by atoms with Gasteiger partial charge in [-0.25, -0.2) is 4.79 Å². The number of likely N-dealkylation sites (tertiary alicyclic amines) is 1. The van der Waals surface area contributed by atoms with Crippen molar-refractivity contribution in [2.75, 3.05) is 26.2 Å². The smallest absolute Gasteiger partial charge is 0.410 e. The lowest BCUT2D eigenvalue weighted by molar-refractivity contribution is -0.170. The minimum Gasteiger partial charge on any atom is -0.445 e. The second kappa shape index (κ2) is 9.09. The van der Waals surface area contributed by atoms with Crippen LogP contribution < -0.4 is 0 Å². The Kier molecular flexibility index (Phi) is 6.25. The SMILES string of the molecule is CC1C(=O)N2C(CCC(=O)N3CCC4(CC4)C(O)C3)COC2(C)CN1C(=O)OCc1ccccc1. The van der Waals surface area contributed by atoms with Crippen LogP contribution in [0.1, 0.15) is 51.5 Å². The van der Waals surface area contributed by atoms with Crippen LogP contribution in [0.4, 0.5) is 4.79 Å². The number of ether oxygens (including phenoxy) is 2. The first-order chi connectivity index (χ1) is 16.7. The number of benzene rings is 1. The summed E-state index contributed by atoms with van der Waals surface area (Å²) in [6.07, 6.45) is 2.78. The fraction of sp³-hybridized carbons (Fsp3) is 0.654. The van der Waals surface area contributed by atoms with Crippen molar-refractivity contribution < 1.29 is 29.0 Å². The molecule has 3 aliphatic heterocycles. The number of fused-ring (bicyclic) bond motifs is 1. The second-order valence-corrected chi connectivity index (χ2v) is 10.7. The molecule has 4 fully saturated rings. The molecule has 1 aromatic rings. The van der Waals surface area contributed by atoms with E-state index >= 15 is 0 Å². The molecule has 0 radical (unpaired) electrons. The molecular weight excluding hydrogens is 450 g/mol. The Bertz CT molecular complexity index is 983. The maximum absolute atomic E-state index is 13.3. The van der Waals surface area contributed by atoms with E-state index in [2.05, 4.69) is 0 Å². The van der Waals surface area contributed by atoms with Crippen LogP contribution in [0.25, 0.3) is 0 Å². The van der Waals surface area contributed by atoms with E-state index < -0.39 is 24.0 Å². The van der Waals surface area contributed by atoms with Crippen molar-refractivity contribution >= 4 is 17.9 Å². The minimum atomic E-state index is -0.956. The minimum absolute atomic E-state index is 0.0109. The summed E-state index contributed by atoms with van der Waals surface area (Å²) in [6, 6.07) is 8.49. The molecule has 3 heterocycles. The molecule has 1 aromatic carbocycles. The number of aliphatic hydroxyl groups is 1. The summed E-state index contributed by atoms with van der Waals surface area (Å²) in [5.41, 5.74) is -0.0227. The summed E-state index contributed by atoms with van der Waals surface area (Å²) in [6.45, 7) is 5.27. The van der Waals surface area contributed by atoms with Gasteiger partial charge in [0.25, 0.3) is 0 Å². The first kappa shape index (κ1) is 24.1. The monoisotopic (exact) mass is 485 g/mol. The van der Waals surface area contributed by atoms with E-state index in [1.165, 1.54) is 4.90 Å². The summed E-state index contributed by atoms with van der Waals surface area (Å²) in [7, 11) is 0. The van der Waals surface area contributed by atoms with E-state index in [4.69, 9.17) is 9.47 Å². The Labute approximate surface area is 205 Å². The lowest BCUT2D eigenvalue weighted by atomic mass is 9.90. The van der Waals surface area contributed by atoms with Crippen molar-refractivity contribution in [1.82, 2.24) is 14.7 Å². The van der Waals surface area contributed by atoms with Crippen molar-refractivity contribution in [1.29, 1.82) is 0 Å². The average Bonchev–Trinajstić information content (AvgIpc) is 3.56. The molecule has 4 atom stereocenters. The zero-order valence-electron chi connectivity index (χ0n) is 20.5.